The monoisotopic (exact) mass is 302 g/mol. The molecule has 3 rings (SSSR count). The minimum absolute atomic E-state index is 0.107. The molecule has 0 aliphatic carbocycles. The van der Waals surface area contributed by atoms with E-state index in [9.17, 15) is 4.79 Å². The highest BCUT2D eigenvalue weighted by atomic mass is 16.2. The topological polar surface area (TPSA) is 49.3 Å². The van der Waals surface area contributed by atoms with Crippen LogP contribution in [0.1, 0.15) is 44.2 Å². The Morgan fingerprint density at radius 2 is 1.91 bits per heavy atom. The van der Waals surface area contributed by atoms with Gasteiger partial charge in [0.2, 0.25) is 11.9 Å². The number of aromatic nitrogens is 2. The largest absolute Gasteiger partial charge is 0.342 e. The van der Waals surface area contributed by atoms with Crippen molar-refractivity contribution >= 4 is 11.9 Å². The number of carbonyl (C=O) groups is 1. The molecule has 22 heavy (non-hydrogen) atoms. The molecule has 120 valence electrons. The zero-order valence-corrected chi connectivity index (χ0v) is 13.5. The maximum absolute atomic E-state index is 12.8. The molecule has 1 aromatic rings. The van der Waals surface area contributed by atoms with Crippen LogP contribution in [-0.2, 0) is 4.79 Å². The number of piperidine rings is 1. The number of aryl methyl sites for hydroxylation is 1. The van der Waals surface area contributed by atoms with Crippen LogP contribution >= 0.6 is 0 Å². The van der Waals surface area contributed by atoms with Crippen molar-refractivity contribution in [2.24, 2.45) is 5.92 Å². The second-order valence-corrected chi connectivity index (χ2v) is 6.52. The number of rotatable bonds is 2. The Labute approximate surface area is 132 Å². The van der Waals surface area contributed by atoms with E-state index in [2.05, 4.69) is 19.8 Å². The van der Waals surface area contributed by atoms with Crippen LogP contribution in [0.4, 0.5) is 5.95 Å². The lowest BCUT2D eigenvalue weighted by atomic mass is 9.96. The van der Waals surface area contributed by atoms with Crippen LogP contribution in [0, 0.1) is 12.8 Å². The fourth-order valence-corrected chi connectivity index (χ4v) is 3.50. The third kappa shape index (κ3) is 3.57. The zero-order valence-electron chi connectivity index (χ0n) is 13.5. The van der Waals surface area contributed by atoms with E-state index in [1.54, 1.807) is 6.20 Å². The Morgan fingerprint density at radius 3 is 2.64 bits per heavy atom. The zero-order chi connectivity index (χ0) is 15.4. The number of hydrogen-bond donors (Lipinski definition) is 0. The highest BCUT2D eigenvalue weighted by molar-refractivity contribution is 5.79. The number of hydrogen-bond acceptors (Lipinski definition) is 4. The number of likely N-dealkylation sites (tertiary alicyclic amines) is 1. The Kier molecular flexibility index (Phi) is 4.90. The molecular weight excluding hydrogens is 276 g/mol. The second-order valence-electron chi connectivity index (χ2n) is 6.52. The molecule has 0 aromatic carbocycles. The van der Waals surface area contributed by atoms with E-state index in [1.165, 1.54) is 12.8 Å². The van der Waals surface area contributed by atoms with Gasteiger partial charge in [0.05, 0.1) is 5.92 Å². The molecule has 1 aromatic heterocycles. The van der Waals surface area contributed by atoms with E-state index in [0.29, 0.717) is 5.91 Å². The van der Waals surface area contributed by atoms with Gasteiger partial charge in [0.1, 0.15) is 0 Å². The summed E-state index contributed by atoms with van der Waals surface area (Å²) in [7, 11) is 0. The maximum Gasteiger partial charge on any atom is 0.227 e. The summed E-state index contributed by atoms with van der Waals surface area (Å²) in [6, 6.07) is 1.91. The van der Waals surface area contributed by atoms with Gasteiger partial charge >= 0.3 is 0 Å². The number of anilines is 1. The minimum Gasteiger partial charge on any atom is -0.342 e. The van der Waals surface area contributed by atoms with E-state index < -0.39 is 0 Å². The van der Waals surface area contributed by atoms with Crippen LogP contribution in [0.25, 0.3) is 0 Å². The van der Waals surface area contributed by atoms with Gasteiger partial charge in [-0.1, -0.05) is 12.8 Å². The number of nitrogens with zero attached hydrogens (tertiary/aromatic N) is 4. The van der Waals surface area contributed by atoms with Crippen LogP contribution in [0.5, 0.6) is 0 Å². The summed E-state index contributed by atoms with van der Waals surface area (Å²) >= 11 is 0. The molecule has 0 N–H and O–H groups in total. The number of carbonyl (C=O) groups excluding carboxylic acids is 1. The summed E-state index contributed by atoms with van der Waals surface area (Å²) in [6.45, 7) is 5.58. The van der Waals surface area contributed by atoms with Gasteiger partial charge in [-0.3, -0.25) is 4.79 Å². The summed E-state index contributed by atoms with van der Waals surface area (Å²) in [5.74, 6) is 1.23. The lowest BCUT2D eigenvalue weighted by Gasteiger charge is -2.34. The number of amides is 1. The third-order valence-electron chi connectivity index (χ3n) is 4.75. The van der Waals surface area contributed by atoms with Gasteiger partial charge in [-0.25, -0.2) is 9.97 Å². The van der Waals surface area contributed by atoms with Gasteiger partial charge in [-0.05, 0) is 38.7 Å². The Hall–Kier alpha value is -1.65. The first-order valence-corrected chi connectivity index (χ1v) is 8.57. The molecule has 3 heterocycles. The lowest BCUT2D eigenvalue weighted by Crippen LogP contribution is -2.45. The van der Waals surface area contributed by atoms with Crippen molar-refractivity contribution in [3.8, 4) is 0 Å². The molecule has 2 aliphatic rings. The van der Waals surface area contributed by atoms with Crippen molar-refractivity contribution in [3.63, 3.8) is 0 Å². The summed E-state index contributed by atoms with van der Waals surface area (Å²) in [5.41, 5.74) is 0.978. The second kappa shape index (κ2) is 7.07. The van der Waals surface area contributed by atoms with Crippen molar-refractivity contribution in [2.75, 3.05) is 31.1 Å². The van der Waals surface area contributed by atoms with Gasteiger partial charge < -0.3 is 9.80 Å². The molecule has 2 aliphatic heterocycles. The van der Waals surface area contributed by atoms with Crippen LogP contribution in [-0.4, -0.2) is 47.0 Å². The van der Waals surface area contributed by atoms with Crippen molar-refractivity contribution in [2.45, 2.75) is 45.4 Å². The highest BCUT2D eigenvalue weighted by Crippen LogP contribution is 2.23. The quantitative estimate of drug-likeness (QED) is 0.842. The van der Waals surface area contributed by atoms with Crippen molar-refractivity contribution in [1.82, 2.24) is 14.9 Å². The first-order valence-electron chi connectivity index (χ1n) is 8.57. The Balaban J connectivity index is 1.65. The van der Waals surface area contributed by atoms with Crippen LogP contribution in [0.2, 0.25) is 0 Å². The molecule has 5 nitrogen and oxygen atoms in total. The molecule has 0 saturated carbocycles. The fourth-order valence-electron chi connectivity index (χ4n) is 3.50. The SMILES string of the molecule is Cc1ccnc(N2CCC[C@H](C(=O)N3CCCCCC3)C2)n1. The van der Waals surface area contributed by atoms with Gasteiger partial charge in [0.25, 0.3) is 0 Å². The van der Waals surface area contributed by atoms with Crippen LogP contribution in [0.15, 0.2) is 12.3 Å². The minimum atomic E-state index is 0.107. The molecule has 5 heteroatoms. The molecule has 0 unspecified atom stereocenters. The average Bonchev–Trinajstić information content (AvgIpc) is 2.83. The summed E-state index contributed by atoms with van der Waals surface area (Å²) in [5, 5.41) is 0. The standard InChI is InChI=1S/C17H26N4O/c1-14-8-9-18-17(19-14)21-12-6-7-15(13-21)16(22)20-10-4-2-3-5-11-20/h8-9,15H,2-7,10-13H2,1H3/t15-/m0/s1. The summed E-state index contributed by atoms with van der Waals surface area (Å²) < 4.78 is 0. The Bertz CT molecular complexity index is 511. The first-order chi connectivity index (χ1) is 10.7. The molecule has 1 atom stereocenters. The lowest BCUT2D eigenvalue weighted by molar-refractivity contribution is -0.135. The molecule has 0 spiro atoms. The molecule has 1 amide bonds. The predicted molar refractivity (Wildman–Crippen MR) is 86.8 cm³/mol. The average molecular weight is 302 g/mol. The fraction of sp³-hybridized carbons (Fsp3) is 0.706. The van der Waals surface area contributed by atoms with Crippen molar-refractivity contribution in [3.05, 3.63) is 18.0 Å². The summed E-state index contributed by atoms with van der Waals surface area (Å²) in [6.07, 6.45) is 8.68. The van der Waals surface area contributed by atoms with E-state index >= 15 is 0 Å². The first kappa shape index (κ1) is 15.3. The van der Waals surface area contributed by atoms with Crippen LogP contribution in [0.3, 0.4) is 0 Å². The maximum atomic E-state index is 12.8. The normalized spacial score (nSPS) is 23.2. The van der Waals surface area contributed by atoms with Gasteiger partial charge in [0, 0.05) is 38.1 Å². The summed E-state index contributed by atoms with van der Waals surface area (Å²) in [4.78, 5) is 26.0. The van der Waals surface area contributed by atoms with Gasteiger partial charge in [-0.2, -0.15) is 0 Å². The molecule has 0 radical (unpaired) electrons. The third-order valence-corrected chi connectivity index (χ3v) is 4.75. The highest BCUT2D eigenvalue weighted by Gasteiger charge is 2.30. The Morgan fingerprint density at radius 1 is 1.14 bits per heavy atom. The van der Waals surface area contributed by atoms with E-state index in [-0.39, 0.29) is 5.92 Å². The predicted octanol–water partition coefficient (Wildman–Crippen LogP) is 2.40. The van der Waals surface area contributed by atoms with Crippen LogP contribution < -0.4 is 4.90 Å². The van der Waals surface area contributed by atoms with Crippen molar-refractivity contribution < 1.29 is 4.79 Å². The molecular formula is C17H26N4O. The van der Waals surface area contributed by atoms with E-state index in [1.807, 2.05) is 13.0 Å². The van der Waals surface area contributed by atoms with Crippen molar-refractivity contribution in [1.29, 1.82) is 0 Å². The molecule has 0 bridgehead atoms. The van der Waals surface area contributed by atoms with E-state index in [4.69, 9.17) is 0 Å². The molecule has 2 fully saturated rings. The smallest absolute Gasteiger partial charge is 0.227 e. The van der Waals surface area contributed by atoms with Gasteiger partial charge in [-0.15, -0.1) is 0 Å². The van der Waals surface area contributed by atoms with Gasteiger partial charge in [0.15, 0.2) is 0 Å². The molecule has 2 saturated heterocycles. The van der Waals surface area contributed by atoms with E-state index in [0.717, 1.165) is 63.5 Å².